The standard InChI is InChI=1S/C32H15ClN8.2C5H8O2.Zr/c33-16-13-14-23-24(15-16)32-40-30-22-12-6-5-11-21(22)28(38-30)36-26-18-8-2-1-7-17(18)25(34-26)35-27-19-9-3-4-10-20(19)29(37-27)39-31(23)41-32;2*1-4(6)3-5(2)7;/h1-15H;2*3,6H,1-2H3;/q-2;;;+2/b;2*4-3-;. The zero-order chi connectivity index (χ0) is 38.8. The molecule has 0 saturated carbocycles. The van der Waals surface area contributed by atoms with E-state index in [1.54, 1.807) is 0 Å². The third-order valence-electron chi connectivity index (χ3n) is 8.21. The number of allylic oxidation sites excluding steroid dienone is 4. The van der Waals surface area contributed by atoms with E-state index >= 15 is 0 Å². The molecule has 2 aliphatic rings. The summed E-state index contributed by atoms with van der Waals surface area (Å²) < 4.78 is 0. The third kappa shape index (κ3) is 8.39. The summed E-state index contributed by atoms with van der Waals surface area (Å²) in [7, 11) is 0. The molecule has 274 valence electrons. The minimum Gasteiger partial charge on any atom is -0.512 e. The van der Waals surface area contributed by atoms with Gasteiger partial charge in [-0.3, -0.25) is 9.59 Å². The van der Waals surface area contributed by atoms with Crippen LogP contribution in [0.2, 0.25) is 5.02 Å². The fourth-order valence-corrected chi connectivity index (χ4v) is 6.24. The van der Waals surface area contributed by atoms with Gasteiger partial charge in [0.25, 0.3) is 0 Å². The molecule has 0 atom stereocenters. The van der Waals surface area contributed by atoms with Gasteiger partial charge in [0.15, 0.2) is 11.6 Å². The third-order valence-corrected chi connectivity index (χ3v) is 8.44. The number of aromatic nitrogens is 8. The molecule has 0 radical (unpaired) electrons. The van der Waals surface area contributed by atoms with E-state index in [0.29, 0.717) is 50.9 Å². The van der Waals surface area contributed by atoms with Crippen molar-refractivity contribution < 1.29 is 46.0 Å². The van der Waals surface area contributed by atoms with Crippen LogP contribution in [0, 0.1) is 0 Å². The van der Waals surface area contributed by atoms with E-state index in [0.717, 1.165) is 43.8 Å². The second kappa shape index (κ2) is 16.7. The van der Waals surface area contributed by atoms with Crippen LogP contribution in [0.3, 0.4) is 0 Å². The van der Waals surface area contributed by atoms with Gasteiger partial charge >= 0.3 is 26.2 Å². The number of aliphatic hydroxyl groups is 2. The molecule has 0 fully saturated rings. The number of carbonyl (C=O) groups excluding carboxylic acids is 2. The maximum absolute atomic E-state index is 10.0. The van der Waals surface area contributed by atoms with Crippen molar-refractivity contribution in [1.29, 1.82) is 0 Å². The Morgan fingerprint density at radius 2 is 0.821 bits per heavy atom. The molecule has 0 unspecified atom stereocenters. The fraction of sp³-hybridized carbons (Fsp3) is 0.0952. The van der Waals surface area contributed by atoms with Crippen molar-refractivity contribution in [2.45, 2.75) is 27.7 Å². The van der Waals surface area contributed by atoms with Crippen LogP contribution in [0.25, 0.3) is 89.7 Å². The van der Waals surface area contributed by atoms with Gasteiger partial charge in [-0.05, 0) is 61.4 Å². The van der Waals surface area contributed by atoms with Gasteiger partial charge in [0.1, 0.15) is 0 Å². The Bertz CT molecular complexity index is 2880. The summed E-state index contributed by atoms with van der Waals surface area (Å²) in [5.74, 6) is 1.92. The van der Waals surface area contributed by atoms with E-state index in [1.165, 1.54) is 39.8 Å². The molecule has 0 spiro atoms. The number of fused-ring (bicyclic) bond motifs is 20. The second-order valence-electron chi connectivity index (χ2n) is 12.6. The number of nitrogens with zero attached hydrogens (tertiary/aromatic N) is 8. The SMILES string of the molecule is CC(=O)/C=C(/C)O.CC(=O)/C=C(/C)O.Clc1ccc2c(c1)-c1nc-2nc2[n-]c(nc3nc(nc4[n-]c(n1)c1ccccc41)-c1ccccc1-3)c1ccccc21.[Zr+2]. The molecule has 9 rings (SSSR count). The summed E-state index contributed by atoms with van der Waals surface area (Å²) in [6.07, 6.45) is 2.33. The number of rotatable bonds is 2. The molecule has 8 bridgehead atoms. The monoisotopic (exact) mass is 836 g/mol. The van der Waals surface area contributed by atoms with Crippen molar-refractivity contribution in [2.24, 2.45) is 0 Å². The molecule has 2 aliphatic heterocycles. The van der Waals surface area contributed by atoms with Gasteiger partial charge in [-0.1, -0.05) is 90.5 Å². The van der Waals surface area contributed by atoms with Gasteiger partial charge in [-0.15, -0.1) is 0 Å². The first-order valence-corrected chi connectivity index (χ1v) is 17.4. The summed E-state index contributed by atoms with van der Waals surface area (Å²) in [5.41, 5.74) is 5.45. The average Bonchev–Trinajstić information content (AvgIpc) is 3.86. The Morgan fingerprint density at radius 1 is 0.500 bits per heavy atom. The molecule has 5 heterocycles. The molecule has 7 aromatic rings. The number of ketones is 2. The van der Waals surface area contributed by atoms with Crippen molar-refractivity contribution in [1.82, 2.24) is 39.9 Å². The van der Waals surface area contributed by atoms with E-state index in [4.69, 9.17) is 61.7 Å². The molecule has 2 N–H and O–H groups in total. The van der Waals surface area contributed by atoms with Crippen LogP contribution in [0.1, 0.15) is 27.7 Å². The van der Waals surface area contributed by atoms with Crippen LogP contribution < -0.4 is 9.97 Å². The fourth-order valence-electron chi connectivity index (χ4n) is 6.07. The molecular weight excluding hydrogens is 807 g/mol. The molecule has 0 amide bonds. The Morgan fingerprint density at radius 3 is 1.14 bits per heavy atom. The summed E-state index contributed by atoms with van der Waals surface area (Å²) in [6, 6.07) is 29.3. The topological polar surface area (TPSA) is 180 Å². The van der Waals surface area contributed by atoms with Gasteiger partial charge in [-0.2, -0.15) is 0 Å². The largest absolute Gasteiger partial charge is 2.00 e. The Hall–Kier alpha value is -6.17. The van der Waals surface area contributed by atoms with Crippen LogP contribution in [-0.4, -0.2) is 51.7 Å². The van der Waals surface area contributed by atoms with Crippen molar-refractivity contribution >= 4 is 67.3 Å². The minimum absolute atomic E-state index is 0. The number of hydrogen-bond acceptors (Lipinski definition) is 10. The predicted octanol–water partition coefficient (Wildman–Crippen LogP) is 8.85. The normalized spacial score (nSPS) is 11.7. The molecule has 4 aromatic carbocycles. The van der Waals surface area contributed by atoms with E-state index in [2.05, 4.69) is 0 Å². The predicted molar refractivity (Wildman–Crippen MR) is 213 cm³/mol. The van der Waals surface area contributed by atoms with Crippen LogP contribution >= 0.6 is 11.6 Å². The first-order valence-electron chi connectivity index (χ1n) is 17.0. The smallest absolute Gasteiger partial charge is 0.512 e. The summed E-state index contributed by atoms with van der Waals surface area (Å²) in [6.45, 7) is 5.70. The molecule has 0 saturated heterocycles. The maximum Gasteiger partial charge on any atom is 2.00 e. The molecule has 14 heteroatoms. The van der Waals surface area contributed by atoms with Gasteiger partial charge in [0, 0.05) is 62.0 Å². The molecule has 56 heavy (non-hydrogen) atoms. The summed E-state index contributed by atoms with van der Waals surface area (Å²) in [5, 5.41) is 20.8. The van der Waals surface area contributed by atoms with Crippen LogP contribution in [-0.2, 0) is 35.8 Å². The van der Waals surface area contributed by atoms with E-state index in [9.17, 15) is 9.59 Å². The number of hydrogen-bond donors (Lipinski definition) is 2. The molecular formula is C42H31ClN8O4Zr. The van der Waals surface area contributed by atoms with E-state index in [-0.39, 0.29) is 49.3 Å². The van der Waals surface area contributed by atoms with Crippen molar-refractivity contribution in [3.05, 3.63) is 120 Å². The number of aliphatic hydroxyl groups excluding tert-OH is 2. The zero-order valence-corrected chi connectivity index (χ0v) is 33.7. The molecule has 0 aliphatic carbocycles. The van der Waals surface area contributed by atoms with Crippen molar-refractivity contribution in [3.8, 4) is 45.6 Å². The van der Waals surface area contributed by atoms with Gasteiger partial charge in [-0.25, -0.2) is 9.97 Å². The summed E-state index contributed by atoms with van der Waals surface area (Å²) in [4.78, 5) is 59.2. The Balaban J connectivity index is 0.000000306. The second-order valence-corrected chi connectivity index (χ2v) is 13.0. The van der Waals surface area contributed by atoms with Gasteiger partial charge < -0.3 is 40.1 Å². The molecule has 12 nitrogen and oxygen atoms in total. The maximum atomic E-state index is 10.0. The minimum atomic E-state index is -0.125. The van der Waals surface area contributed by atoms with E-state index in [1.807, 2.05) is 91.0 Å². The Kier molecular flexibility index (Phi) is 11.8. The Labute approximate surface area is 344 Å². The first kappa shape index (κ1) is 39.5. The summed E-state index contributed by atoms with van der Waals surface area (Å²) >= 11 is 6.42. The van der Waals surface area contributed by atoms with E-state index < -0.39 is 0 Å². The number of benzene rings is 4. The van der Waals surface area contributed by atoms with Crippen LogP contribution in [0.5, 0.6) is 0 Å². The van der Waals surface area contributed by atoms with Gasteiger partial charge in [0.2, 0.25) is 0 Å². The van der Waals surface area contributed by atoms with Crippen LogP contribution in [0.4, 0.5) is 0 Å². The average molecular weight is 838 g/mol. The van der Waals surface area contributed by atoms with Crippen molar-refractivity contribution in [3.63, 3.8) is 0 Å². The van der Waals surface area contributed by atoms with Crippen LogP contribution in [0.15, 0.2) is 115 Å². The van der Waals surface area contributed by atoms with Gasteiger partial charge in [0.05, 0.1) is 34.8 Å². The molecule has 3 aromatic heterocycles. The quantitative estimate of drug-likeness (QED) is 0.125. The number of carbonyl (C=O) groups is 2. The zero-order valence-electron chi connectivity index (χ0n) is 30.5. The number of halogens is 1. The van der Waals surface area contributed by atoms with Crippen molar-refractivity contribution in [2.75, 3.05) is 0 Å². The first-order chi connectivity index (χ1) is 26.4.